The van der Waals surface area contributed by atoms with Gasteiger partial charge in [-0.05, 0) is 12.8 Å². The van der Waals surface area contributed by atoms with Gasteiger partial charge in [0.2, 0.25) is 0 Å². The Balaban J connectivity index is 2.92. The summed E-state index contributed by atoms with van der Waals surface area (Å²) in [6.45, 7) is 3.44. The molecule has 92 valence electrons. The van der Waals surface area contributed by atoms with Crippen LogP contribution in [0.4, 0.5) is 0 Å². The topological polar surface area (TPSA) is 73.9 Å². The molecule has 0 aliphatic heterocycles. The molecule has 1 atom stereocenters. The molecule has 0 heterocycles. The van der Waals surface area contributed by atoms with Gasteiger partial charge in [-0.15, -0.1) is 0 Å². The zero-order valence-corrected chi connectivity index (χ0v) is 9.48. The summed E-state index contributed by atoms with van der Waals surface area (Å²) in [5.41, 5.74) is 5.24. The van der Waals surface area contributed by atoms with Gasteiger partial charge in [0.15, 0.2) is 0 Å². The fraction of sp³-hybridized carbons (Fsp3) is 1.00. The molecule has 0 fully saturated rings. The van der Waals surface area contributed by atoms with E-state index in [-0.39, 0.29) is 0 Å². The highest BCUT2D eigenvalue weighted by Gasteiger charge is 1.99. The number of nitrogens with two attached hydrogens (primary N) is 1. The number of ether oxygens (including phenoxy) is 3. The van der Waals surface area contributed by atoms with Crippen LogP contribution in [-0.4, -0.2) is 57.9 Å². The standard InChI is InChI=1S/C10H23NO4/c1-13-7-8-15-5-2-4-14-6-3-10(12)9-11/h10,12H,2-9,11H2,1H3. The molecule has 0 amide bonds. The fourth-order valence-corrected chi connectivity index (χ4v) is 0.947. The van der Waals surface area contributed by atoms with Gasteiger partial charge in [0.05, 0.1) is 19.3 Å². The van der Waals surface area contributed by atoms with Crippen molar-refractivity contribution in [3.63, 3.8) is 0 Å². The minimum absolute atomic E-state index is 0.295. The quantitative estimate of drug-likeness (QED) is 0.471. The van der Waals surface area contributed by atoms with Crippen molar-refractivity contribution in [1.82, 2.24) is 0 Å². The van der Waals surface area contributed by atoms with Gasteiger partial charge in [0.25, 0.3) is 0 Å². The molecule has 5 heteroatoms. The Hall–Kier alpha value is -0.200. The van der Waals surface area contributed by atoms with Crippen LogP contribution in [0, 0.1) is 0 Å². The van der Waals surface area contributed by atoms with Crippen molar-refractivity contribution in [1.29, 1.82) is 0 Å². The average molecular weight is 221 g/mol. The summed E-state index contributed by atoms with van der Waals surface area (Å²) in [6, 6.07) is 0. The highest BCUT2D eigenvalue weighted by atomic mass is 16.5. The maximum Gasteiger partial charge on any atom is 0.0700 e. The zero-order chi connectivity index (χ0) is 11.4. The van der Waals surface area contributed by atoms with Gasteiger partial charge in [-0.3, -0.25) is 0 Å². The number of hydrogen-bond acceptors (Lipinski definition) is 5. The Bertz CT molecular complexity index is 124. The van der Waals surface area contributed by atoms with Crippen molar-refractivity contribution in [3.8, 4) is 0 Å². The Kier molecular flexibility index (Phi) is 11.7. The summed E-state index contributed by atoms with van der Waals surface area (Å²) in [5.74, 6) is 0. The third-order valence-corrected chi connectivity index (χ3v) is 1.88. The first-order valence-corrected chi connectivity index (χ1v) is 5.33. The van der Waals surface area contributed by atoms with Gasteiger partial charge in [-0.25, -0.2) is 0 Å². The predicted octanol–water partition coefficient (Wildman–Crippen LogP) is -0.234. The molecule has 0 aliphatic rings. The lowest BCUT2D eigenvalue weighted by atomic mass is 10.3. The molecule has 0 saturated carbocycles. The summed E-state index contributed by atoms with van der Waals surface area (Å²) >= 11 is 0. The molecule has 0 rings (SSSR count). The summed E-state index contributed by atoms with van der Waals surface area (Å²) in [5, 5.41) is 9.11. The van der Waals surface area contributed by atoms with Crippen LogP contribution in [0.15, 0.2) is 0 Å². The fourth-order valence-electron chi connectivity index (χ4n) is 0.947. The zero-order valence-electron chi connectivity index (χ0n) is 9.48. The second-order valence-corrected chi connectivity index (χ2v) is 3.25. The molecule has 0 spiro atoms. The van der Waals surface area contributed by atoms with Crippen molar-refractivity contribution in [2.75, 3.05) is 46.7 Å². The third kappa shape index (κ3) is 11.7. The summed E-state index contributed by atoms with van der Waals surface area (Å²) < 4.78 is 15.4. The average Bonchev–Trinajstić information content (AvgIpc) is 2.26. The molecule has 0 radical (unpaired) electrons. The molecule has 0 aromatic heterocycles. The summed E-state index contributed by atoms with van der Waals surface area (Å²) in [7, 11) is 1.65. The molecule has 3 N–H and O–H groups in total. The molecule has 0 aliphatic carbocycles. The van der Waals surface area contributed by atoms with Gasteiger partial charge >= 0.3 is 0 Å². The Labute approximate surface area is 91.5 Å². The van der Waals surface area contributed by atoms with E-state index in [1.807, 2.05) is 0 Å². The lowest BCUT2D eigenvalue weighted by Gasteiger charge is -2.08. The molecule has 0 saturated heterocycles. The van der Waals surface area contributed by atoms with Gasteiger partial charge in [-0.2, -0.15) is 0 Å². The first-order valence-electron chi connectivity index (χ1n) is 5.33. The lowest BCUT2D eigenvalue weighted by Crippen LogP contribution is -2.21. The molecule has 1 unspecified atom stereocenters. The smallest absolute Gasteiger partial charge is 0.0700 e. The SMILES string of the molecule is COCCOCCCOCCC(O)CN. The minimum atomic E-state index is -0.442. The second-order valence-electron chi connectivity index (χ2n) is 3.25. The van der Waals surface area contributed by atoms with E-state index in [2.05, 4.69) is 0 Å². The van der Waals surface area contributed by atoms with E-state index < -0.39 is 6.10 Å². The normalized spacial score (nSPS) is 13.0. The van der Waals surface area contributed by atoms with Crippen LogP contribution in [-0.2, 0) is 14.2 Å². The van der Waals surface area contributed by atoms with E-state index in [1.165, 1.54) is 0 Å². The number of aliphatic hydroxyl groups excluding tert-OH is 1. The van der Waals surface area contributed by atoms with E-state index in [4.69, 9.17) is 25.1 Å². The van der Waals surface area contributed by atoms with Crippen molar-refractivity contribution >= 4 is 0 Å². The second kappa shape index (κ2) is 11.9. The Morgan fingerprint density at radius 3 is 2.33 bits per heavy atom. The van der Waals surface area contributed by atoms with E-state index in [0.29, 0.717) is 46.0 Å². The molecular formula is C10H23NO4. The van der Waals surface area contributed by atoms with E-state index in [0.717, 1.165) is 6.42 Å². The van der Waals surface area contributed by atoms with Crippen LogP contribution in [0.25, 0.3) is 0 Å². The maximum atomic E-state index is 9.11. The van der Waals surface area contributed by atoms with E-state index >= 15 is 0 Å². The highest BCUT2D eigenvalue weighted by Crippen LogP contribution is 1.91. The van der Waals surface area contributed by atoms with Crippen LogP contribution in [0.1, 0.15) is 12.8 Å². The summed E-state index contributed by atoms with van der Waals surface area (Å²) in [4.78, 5) is 0. The van der Waals surface area contributed by atoms with Gasteiger partial charge in [-0.1, -0.05) is 0 Å². The maximum absolute atomic E-state index is 9.11. The van der Waals surface area contributed by atoms with Crippen LogP contribution in [0.5, 0.6) is 0 Å². The first kappa shape index (κ1) is 14.8. The molecule has 15 heavy (non-hydrogen) atoms. The Morgan fingerprint density at radius 1 is 1.07 bits per heavy atom. The van der Waals surface area contributed by atoms with Crippen LogP contribution in [0.3, 0.4) is 0 Å². The highest BCUT2D eigenvalue weighted by molar-refractivity contribution is 4.53. The molecule has 0 aromatic rings. The van der Waals surface area contributed by atoms with Gasteiger partial charge in [0.1, 0.15) is 0 Å². The van der Waals surface area contributed by atoms with Crippen LogP contribution >= 0.6 is 0 Å². The first-order chi connectivity index (χ1) is 7.31. The van der Waals surface area contributed by atoms with Crippen molar-refractivity contribution in [3.05, 3.63) is 0 Å². The third-order valence-electron chi connectivity index (χ3n) is 1.88. The van der Waals surface area contributed by atoms with Gasteiger partial charge in [0, 0.05) is 33.5 Å². The molecule has 0 bridgehead atoms. The monoisotopic (exact) mass is 221 g/mol. The molecule has 0 aromatic carbocycles. The van der Waals surface area contributed by atoms with Crippen molar-refractivity contribution in [2.45, 2.75) is 18.9 Å². The largest absolute Gasteiger partial charge is 0.392 e. The molecular weight excluding hydrogens is 198 g/mol. The lowest BCUT2D eigenvalue weighted by molar-refractivity contribution is 0.0440. The van der Waals surface area contributed by atoms with Gasteiger partial charge < -0.3 is 25.1 Å². The number of aliphatic hydroxyl groups is 1. The van der Waals surface area contributed by atoms with Crippen molar-refractivity contribution < 1.29 is 19.3 Å². The van der Waals surface area contributed by atoms with E-state index in [1.54, 1.807) is 7.11 Å². The number of rotatable bonds is 11. The number of methoxy groups -OCH3 is 1. The van der Waals surface area contributed by atoms with Crippen LogP contribution in [0.2, 0.25) is 0 Å². The van der Waals surface area contributed by atoms with Crippen molar-refractivity contribution in [2.24, 2.45) is 5.73 Å². The van der Waals surface area contributed by atoms with Crippen LogP contribution < -0.4 is 5.73 Å². The van der Waals surface area contributed by atoms with E-state index in [9.17, 15) is 0 Å². The summed E-state index contributed by atoms with van der Waals surface area (Å²) in [6.07, 6.45) is 1.02. The predicted molar refractivity (Wildman–Crippen MR) is 57.8 cm³/mol. The minimum Gasteiger partial charge on any atom is -0.392 e. The number of hydrogen-bond donors (Lipinski definition) is 2. The Morgan fingerprint density at radius 2 is 1.73 bits per heavy atom. The molecule has 5 nitrogen and oxygen atoms in total.